The Kier molecular flexibility index (Phi) is 4.61. The second kappa shape index (κ2) is 6.23. The minimum Gasteiger partial charge on any atom is -0.497 e. The molecular formula is C17H17BrO2. The van der Waals surface area contributed by atoms with Gasteiger partial charge in [-0.1, -0.05) is 54.0 Å². The molecule has 0 atom stereocenters. The summed E-state index contributed by atoms with van der Waals surface area (Å²) in [4.78, 5) is 12.5. The Bertz CT molecular complexity index is 615. The van der Waals surface area contributed by atoms with E-state index in [9.17, 15) is 4.79 Å². The van der Waals surface area contributed by atoms with E-state index >= 15 is 0 Å². The van der Waals surface area contributed by atoms with E-state index in [1.54, 1.807) is 13.2 Å². The number of ether oxygens (including phenoxy) is 1. The van der Waals surface area contributed by atoms with Crippen LogP contribution in [0.4, 0.5) is 0 Å². The summed E-state index contributed by atoms with van der Waals surface area (Å²) in [5, 5.41) is 0. The molecule has 0 unspecified atom stereocenters. The average Bonchev–Trinajstić information content (AvgIpc) is 2.47. The molecule has 0 fully saturated rings. The summed E-state index contributed by atoms with van der Waals surface area (Å²) in [5.41, 5.74) is 2.52. The maximum atomic E-state index is 12.5. The van der Waals surface area contributed by atoms with Crippen LogP contribution in [-0.4, -0.2) is 12.9 Å². The van der Waals surface area contributed by atoms with Crippen molar-refractivity contribution < 1.29 is 9.53 Å². The summed E-state index contributed by atoms with van der Waals surface area (Å²) in [6.45, 7) is 4.27. The highest BCUT2D eigenvalue weighted by atomic mass is 79.9. The molecule has 104 valence electrons. The highest BCUT2D eigenvalue weighted by Gasteiger charge is 2.14. The van der Waals surface area contributed by atoms with Gasteiger partial charge in [0.05, 0.1) is 7.11 Å². The van der Waals surface area contributed by atoms with Gasteiger partial charge in [0.15, 0.2) is 5.78 Å². The second-order valence-corrected chi connectivity index (χ2v) is 5.81. The van der Waals surface area contributed by atoms with Crippen molar-refractivity contribution in [3.05, 3.63) is 63.6 Å². The number of carbonyl (C=O) groups is 1. The quantitative estimate of drug-likeness (QED) is 0.751. The SMILES string of the molecule is COc1ccc(Br)c(C(=O)c2ccc(C(C)C)cc2)c1. The summed E-state index contributed by atoms with van der Waals surface area (Å²) in [6.07, 6.45) is 0. The normalized spacial score (nSPS) is 10.7. The number of hydrogen-bond donors (Lipinski definition) is 0. The van der Waals surface area contributed by atoms with Gasteiger partial charge in [0.2, 0.25) is 0 Å². The third-order valence-corrected chi connectivity index (χ3v) is 3.95. The van der Waals surface area contributed by atoms with Crippen molar-refractivity contribution in [3.63, 3.8) is 0 Å². The van der Waals surface area contributed by atoms with Crippen molar-refractivity contribution in [3.8, 4) is 5.75 Å². The molecule has 0 N–H and O–H groups in total. The highest BCUT2D eigenvalue weighted by molar-refractivity contribution is 9.10. The summed E-state index contributed by atoms with van der Waals surface area (Å²) >= 11 is 3.42. The number of hydrogen-bond acceptors (Lipinski definition) is 2. The first-order chi connectivity index (χ1) is 9.52. The van der Waals surface area contributed by atoms with Gasteiger partial charge in [-0.3, -0.25) is 4.79 Å². The molecule has 0 heterocycles. The minimum absolute atomic E-state index is 0.00826. The Morgan fingerprint density at radius 3 is 2.30 bits per heavy atom. The fourth-order valence-electron chi connectivity index (χ4n) is 1.98. The first kappa shape index (κ1) is 14.8. The van der Waals surface area contributed by atoms with E-state index in [4.69, 9.17) is 4.74 Å². The Balaban J connectivity index is 2.35. The fourth-order valence-corrected chi connectivity index (χ4v) is 2.41. The van der Waals surface area contributed by atoms with Crippen molar-refractivity contribution in [2.45, 2.75) is 19.8 Å². The zero-order valence-corrected chi connectivity index (χ0v) is 13.4. The van der Waals surface area contributed by atoms with Crippen LogP contribution < -0.4 is 4.74 Å². The Morgan fingerprint density at radius 2 is 1.75 bits per heavy atom. The lowest BCUT2D eigenvalue weighted by Gasteiger charge is -2.09. The van der Waals surface area contributed by atoms with Crippen LogP contribution in [0.1, 0.15) is 41.3 Å². The molecule has 0 saturated carbocycles. The van der Waals surface area contributed by atoms with Crippen LogP contribution in [0.15, 0.2) is 46.9 Å². The van der Waals surface area contributed by atoms with E-state index in [0.717, 1.165) is 4.47 Å². The molecule has 2 aromatic carbocycles. The van der Waals surface area contributed by atoms with Crippen molar-refractivity contribution in [2.24, 2.45) is 0 Å². The van der Waals surface area contributed by atoms with Crippen LogP contribution in [0.25, 0.3) is 0 Å². The second-order valence-electron chi connectivity index (χ2n) is 4.95. The molecule has 0 aliphatic carbocycles. The number of halogens is 1. The maximum absolute atomic E-state index is 12.5. The van der Waals surface area contributed by atoms with Crippen LogP contribution in [0.2, 0.25) is 0 Å². The molecule has 2 nitrogen and oxygen atoms in total. The predicted octanol–water partition coefficient (Wildman–Crippen LogP) is 4.81. The van der Waals surface area contributed by atoms with Gasteiger partial charge in [0.1, 0.15) is 5.75 Å². The van der Waals surface area contributed by atoms with Gasteiger partial charge in [-0.05, 0) is 29.7 Å². The fraction of sp³-hybridized carbons (Fsp3) is 0.235. The largest absolute Gasteiger partial charge is 0.497 e. The third-order valence-electron chi connectivity index (χ3n) is 3.26. The molecule has 3 heteroatoms. The molecule has 2 aromatic rings. The molecule has 0 spiro atoms. The monoisotopic (exact) mass is 332 g/mol. The molecule has 0 aliphatic rings. The number of methoxy groups -OCH3 is 1. The minimum atomic E-state index is -0.00826. The summed E-state index contributed by atoms with van der Waals surface area (Å²) < 4.78 is 5.95. The smallest absolute Gasteiger partial charge is 0.194 e. The molecule has 2 rings (SSSR count). The van der Waals surface area contributed by atoms with E-state index in [1.807, 2.05) is 36.4 Å². The van der Waals surface area contributed by atoms with Crippen molar-refractivity contribution in [2.75, 3.05) is 7.11 Å². The lowest BCUT2D eigenvalue weighted by atomic mass is 9.98. The number of benzene rings is 2. The molecule has 0 bridgehead atoms. The highest BCUT2D eigenvalue weighted by Crippen LogP contribution is 2.25. The van der Waals surface area contributed by atoms with Crippen LogP contribution in [0, 0.1) is 0 Å². The molecule has 0 aliphatic heterocycles. The molecule has 20 heavy (non-hydrogen) atoms. The van der Waals surface area contributed by atoms with Crippen LogP contribution in [0.3, 0.4) is 0 Å². The van der Waals surface area contributed by atoms with Gasteiger partial charge in [-0.15, -0.1) is 0 Å². The van der Waals surface area contributed by atoms with E-state index in [1.165, 1.54) is 5.56 Å². The van der Waals surface area contributed by atoms with Crippen LogP contribution >= 0.6 is 15.9 Å². The van der Waals surface area contributed by atoms with Gasteiger partial charge in [0, 0.05) is 15.6 Å². The van der Waals surface area contributed by atoms with Gasteiger partial charge in [-0.2, -0.15) is 0 Å². The summed E-state index contributed by atoms with van der Waals surface area (Å²) in [5.74, 6) is 1.13. The zero-order valence-electron chi connectivity index (χ0n) is 11.8. The molecule has 0 saturated heterocycles. The van der Waals surface area contributed by atoms with E-state index < -0.39 is 0 Å². The van der Waals surface area contributed by atoms with Crippen molar-refractivity contribution in [1.82, 2.24) is 0 Å². The van der Waals surface area contributed by atoms with Gasteiger partial charge in [0.25, 0.3) is 0 Å². The number of rotatable bonds is 4. The first-order valence-corrected chi connectivity index (χ1v) is 7.30. The third kappa shape index (κ3) is 3.10. The van der Waals surface area contributed by atoms with Crippen molar-refractivity contribution >= 4 is 21.7 Å². The standard InChI is InChI=1S/C17H17BrO2/c1-11(2)12-4-6-13(7-5-12)17(19)15-10-14(20-3)8-9-16(15)18/h4-11H,1-3H3. The number of ketones is 1. The summed E-state index contributed by atoms with van der Waals surface area (Å²) in [7, 11) is 1.59. The predicted molar refractivity (Wildman–Crippen MR) is 84.7 cm³/mol. The topological polar surface area (TPSA) is 26.3 Å². The lowest BCUT2D eigenvalue weighted by Crippen LogP contribution is -2.03. The average molecular weight is 333 g/mol. The maximum Gasteiger partial charge on any atom is 0.194 e. The molecule has 0 amide bonds. The molecule has 0 radical (unpaired) electrons. The molecule has 0 aromatic heterocycles. The van der Waals surface area contributed by atoms with Gasteiger partial charge < -0.3 is 4.74 Å². The Morgan fingerprint density at radius 1 is 1.10 bits per heavy atom. The Hall–Kier alpha value is -1.61. The molecular weight excluding hydrogens is 316 g/mol. The van der Waals surface area contributed by atoms with Gasteiger partial charge >= 0.3 is 0 Å². The van der Waals surface area contributed by atoms with E-state index in [2.05, 4.69) is 29.8 Å². The van der Waals surface area contributed by atoms with E-state index in [0.29, 0.717) is 22.8 Å². The van der Waals surface area contributed by atoms with Crippen LogP contribution in [0.5, 0.6) is 5.75 Å². The van der Waals surface area contributed by atoms with Gasteiger partial charge in [-0.25, -0.2) is 0 Å². The lowest BCUT2D eigenvalue weighted by molar-refractivity contribution is 0.103. The van der Waals surface area contributed by atoms with Crippen LogP contribution in [-0.2, 0) is 0 Å². The first-order valence-electron chi connectivity index (χ1n) is 6.51. The summed E-state index contributed by atoms with van der Waals surface area (Å²) in [6, 6.07) is 13.2. The Labute approximate surface area is 127 Å². The number of carbonyl (C=O) groups excluding carboxylic acids is 1. The van der Waals surface area contributed by atoms with Crippen molar-refractivity contribution in [1.29, 1.82) is 0 Å². The zero-order chi connectivity index (χ0) is 14.7. The van der Waals surface area contributed by atoms with E-state index in [-0.39, 0.29) is 5.78 Å².